The van der Waals surface area contributed by atoms with Gasteiger partial charge in [0.25, 0.3) is 0 Å². The van der Waals surface area contributed by atoms with Crippen LogP contribution in [0.15, 0.2) is 47.5 Å². The molecule has 129 heavy (non-hydrogen) atoms. The fourth-order valence-electron chi connectivity index (χ4n) is 19.4. The van der Waals surface area contributed by atoms with Crippen LogP contribution in [0.1, 0.15) is 692 Å². The van der Waals surface area contributed by atoms with Gasteiger partial charge < -0.3 is 5.53 Å². The van der Waals surface area contributed by atoms with Gasteiger partial charge in [-0.1, -0.05) is 495 Å². The standard InChI is InChI=1S/C84H140N2.2C21H43.Pd/c1-7-13-19-21-23-25-27-29-31-33-35-37-39-41-43-45-47-49-51-53-55-57-59-61-65-78-70-79(66-62-60-58-56-54-52-50-48-46-44-42-40-38-36-34-32-30-28-26-24-22-20-14-8-2)74-82(73-78)84(83(68-18-12-6)80(75-86-85)67-17-11-5)81-71-76(63-15-9-3)69-77(72-81)64-16-10-4;2*1-3-5-7-9-11-13-15-17-19-21-20-18-16-14-12-10-8-6-4-2;/h69-74H,7-60,63-64,67-68H2,1-6H3;2*1,3-21H2,2H3;. The number of hydrogen-bond acceptors (Lipinski definition) is 0. The SMILES string of the molecule is CCCCCCCCCCCCCCCCCCCCCCCCC#Cc1cc(C#CCCCCCCCCCCCCCCCCCCCCCCCC)cc(C(=C(CCCC)C(=C=[N+]=[N-])CCCC)c2cc(CCCC)cc(CCCC)c2)c1.CCCCCCCCCCCCCCCCCCCC[CH2][Pd][CH2]CCCCCCCCCCCCCCCCCCCC. The predicted molar refractivity (Wildman–Crippen MR) is 581 cm³/mol. The van der Waals surface area contributed by atoms with Crippen molar-refractivity contribution in [3.05, 3.63) is 86.5 Å². The molecule has 0 amide bonds. The Labute approximate surface area is 820 Å². The molecule has 0 bridgehead atoms. The van der Waals surface area contributed by atoms with Crippen molar-refractivity contribution in [2.45, 2.75) is 682 Å². The van der Waals surface area contributed by atoms with Crippen molar-refractivity contribution in [3.8, 4) is 23.7 Å². The fourth-order valence-corrected chi connectivity index (χ4v) is 21.3. The number of hydrogen-bond donors (Lipinski definition) is 0. The van der Waals surface area contributed by atoms with Gasteiger partial charge in [-0.3, -0.25) is 0 Å². The van der Waals surface area contributed by atoms with E-state index >= 15 is 0 Å². The van der Waals surface area contributed by atoms with E-state index in [4.69, 9.17) is 0 Å². The summed E-state index contributed by atoms with van der Waals surface area (Å²) in [7, 11) is 0. The third-order valence-electron chi connectivity index (χ3n) is 28.0. The van der Waals surface area contributed by atoms with Gasteiger partial charge in [0, 0.05) is 24.0 Å². The summed E-state index contributed by atoms with van der Waals surface area (Å²) in [4.78, 5) is 6.71. The molecule has 3 heteroatoms. The Balaban J connectivity index is 0.00000162. The van der Waals surface area contributed by atoms with Crippen molar-refractivity contribution in [3.63, 3.8) is 0 Å². The number of nitrogens with zero attached hydrogens (tertiary/aromatic N) is 2. The molecular weight excluding hydrogens is 1650 g/mol. The molecule has 0 fully saturated rings. The summed E-state index contributed by atoms with van der Waals surface area (Å²) in [5, 5.41) is 0. The molecule has 0 aromatic heterocycles. The maximum atomic E-state index is 10.2. The van der Waals surface area contributed by atoms with Crippen LogP contribution in [0.3, 0.4) is 0 Å². The van der Waals surface area contributed by atoms with Crippen molar-refractivity contribution in [2.24, 2.45) is 0 Å². The van der Waals surface area contributed by atoms with Gasteiger partial charge in [-0.2, -0.15) is 0 Å². The molecule has 750 valence electrons. The topological polar surface area (TPSA) is 36.4 Å². The smallest absolute Gasteiger partial charge is 0.0654 e. The monoisotopic (exact) mass is 1870 g/mol. The Morgan fingerprint density at radius 3 is 0.667 bits per heavy atom. The van der Waals surface area contributed by atoms with E-state index in [-0.39, 0.29) is 0 Å². The Morgan fingerprint density at radius 2 is 0.434 bits per heavy atom. The zero-order chi connectivity index (χ0) is 92.7. The van der Waals surface area contributed by atoms with Crippen LogP contribution in [-0.2, 0) is 30.8 Å². The van der Waals surface area contributed by atoms with Crippen molar-refractivity contribution < 1.29 is 22.8 Å². The first-order valence-electron chi connectivity index (χ1n) is 59.4. The van der Waals surface area contributed by atoms with Gasteiger partial charge in [-0.05, 0) is 116 Å². The summed E-state index contributed by atoms with van der Waals surface area (Å²) in [6.45, 7) is 18.4. The van der Waals surface area contributed by atoms with Crippen molar-refractivity contribution in [1.82, 2.24) is 0 Å². The number of allylic oxidation sites excluding steroid dienone is 2. The van der Waals surface area contributed by atoms with E-state index in [1.165, 1.54) is 586 Å². The Hall–Kier alpha value is -2.88. The summed E-state index contributed by atoms with van der Waals surface area (Å²) in [5.41, 5.74) is 21.1. The van der Waals surface area contributed by atoms with E-state index in [2.05, 4.69) is 126 Å². The first-order valence-corrected chi connectivity index (χ1v) is 61.6. The first kappa shape index (κ1) is 124. The second-order valence-electron chi connectivity index (χ2n) is 41.0. The molecule has 0 atom stereocenters. The van der Waals surface area contributed by atoms with E-state index in [1.54, 1.807) is 9.79 Å². The Kier molecular flexibility index (Phi) is 102. The number of benzene rings is 2. The fraction of sp³-hybridized carbons (Fsp3) is 0.841. The van der Waals surface area contributed by atoms with Gasteiger partial charge in [0.1, 0.15) is 0 Å². The molecule has 0 saturated carbocycles. The van der Waals surface area contributed by atoms with Crippen LogP contribution in [0.2, 0.25) is 9.79 Å². The molecule has 0 N–H and O–H groups in total. The second-order valence-corrected chi connectivity index (χ2v) is 43.3. The van der Waals surface area contributed by atoms with E-state index in [1.807, 2.05) is 0 Å². The average Bonchev–Trinajstić information content (AvgIpc) is 0.785. The van der Waals surface area contributed by atoms with Crippen LogP contribution in [0.4, 0.5) is 0 Å². The molecule has 0 unspecified atom stereocenters. The van der Waals surface area contributed by atoms with Gasteiger partial charge >= 0.3 is 175 Å². The number of aryl methyl sites for hydroxylation is 2. The molecule has 2 aromatic carbocycles. The molecule has 0 spiro atoms. The molecule has 0 radical (unpaired) electrons. The molecule has 2 rings (SSSR count). The van der Waals surface area contributed by atoms with Crippen LogP contribution < -0.4 is 0 Å². The maximum absolute atomic E-state index is 10.2. The summed E-state index contributed by atoms with van der Waals surface area (Å²) in [6, 6.07) is 14.4. The minimum atomic E-state index is 0.840. The minimum absolute atomic E-state index is 0.840. The normalized spacial score (nSPS) is 11.5. The summed E-state index contributed by atoms with van der Waals surface area (Å²) in [6.07, 6.45) is 133. The van der Waals surface area contributed by atoms with Crippen LogP contribution in [0.25, 0.3) is 11.1 Å². The average molecular weight is 1880 g/mol. The van der Waals surface area contributed by atoms with Crippen LogP contribution >= 0.6 is 0 Å². The third-order valence-corrected chi connectivity index (χ3v) is 30.2. The zero-order valence-corrected chi connectivity index (χ0v) is 90.5. The van der Waals surface area contributed by atoms with Gasteiger partial charge in [0.15, 0.2) is 0 Å². The summed E-state index contributed by atoms with van der Waals surface area (Å²) in [5.74, 6) is 17.8. The molecule has 2 aromatic rings. The molecule has 0 aliphatic carbocycles. The van der Waals surface area contributed by atoms with Crippen molar-refractivity contribution >= 4 is 11.4 Å². The Morgan fingerprint density at radius 1 is 0.225 bits per heavy atom. The van der Waals surface area contributed by atoms with Gasteiger partial charge in [0.05, 0.1) is 5.57 Å². The molecule has 0 aliphatic heterocycles. The quantitative estimate of drug-likeness (QED) is 0.0120. The molecule has 0 saturated heterocycles. The number of unbranched alkanes of at least 4 members (excludes halogenated alkanes) is 84. The van der Waals surface area contributed by atoms with Gasteiger partial charge in [-0.15, -0.1) is 4.79 Å². The summed E-state index contributed by atoms with van der Waals surface area (Å²) >= 11 is 1.06. The minimum Gasteiger partial charge on any atom is -0.0654 e. The third kappa shape index (κ3) is 86.5. The van der Waals surface area contributed by atoms with Crippen LogP contribution in [0, 0.1) is 23.7 Å². The van der Waals surface area contributed by atoms with E-state index < -0.39 is 0 Å². The van der Waals surface area contributed by atoms with E-state index in [9.17, 15) is 5.53 Å². The zero-order valence-electron chi connectivity index (χ0n) is 89.0. The van der Waals surface area contributed by atoms with Gasteiger partial charge in [0.2, 0.25) is 0 Å². The Bertz CT molecular complexity index is 2720. The molecule has 2 nitrogen and oxygen atoms in total. The van der Waals surface area contributed by atoms with Crippen molar-refractivity contribution in [2.75, 3.05) is 0 Å². The second kappa shape index (κ2) is 106. The van der Waals surface area contributed by atoms with Gasteiger partial charge in [-0.25, -0.2) is 0 Å². The summed E-state index contributed by atoms with van der Waals surface area (Å²) < 4.78 is 0. The molecular formula is C126H226N2Pd. The van der Waals surface area contributed by atoms with E-state index in [0.29, 0.717) is 0 Å². The van der Waals surface area contributed by atoms with Crippen LogP contribution in [-0.4, -0.2) is 10.7 Å². The first-order chi connectivity index (χ1) is 64.0. The number of rotatable bonds is 99. The molecule has 0 heterocycles. The van der Waals surface area contributed by atoms with Crippen LogP contribution in [0.5, 0.6) is 0 Å². The molecule has 0 aliphatic rings. The van der Waals surface area contributed by atoms with Crippen molar-refractivity contribution in [1.29, 1.82) is 0 Å². The van der Waals surface area contributed by atoms with E-state index in [0.717, 1.165) is 98.9 Å². The predicted octanol–water partition coefficient (Wildman–Crippen LogP) is 44.8.